The molecule has 20 heavy (non-hydrogen) atoms. The molecule has 1 aromatic carbocycles. The molecule has 0 spiro atoms. The second kappa shape index (κ2) is 6.20. The highest BCUT2D eigenvalue weighted by molar-refractivity contribution is 7.89. The molecule has 0 atom stereocenters. The maximum Gasteiger partial charge on any atom is 0.243 e. The topological polar surface area (TPSA) is 63.4 Å². The van der Waals surface area contributed by atoms with Crippen LogP contribution >= 0.6 is 0 Å². The Morgan fingerprint density at radius 1 is 1.40 bits per heavy atom. The Labute approximate surface area is 119 Å². The molecular weight excluding hydrogens is 279 g/mol. The van der Waals surface area contributed by atoms with Gasteiger partial charge in [0.1, 0.15) is 5.82 Å². The molecule has 1 aliphatic carbocycles. The SMILES string of the molecule is CCCCN(C1CC1)S(=O)(=O)c1cccc(F)c1CN. The molecule has 0 heterocycles. The van der Waals surface area contributed by atoms with E-state index in [0.29, 0.717) is 6.54 Å². The summed E-state index contributed by atoms with van der Waals surface area (Å²) in [5, 5.41) is 0. The third kappa shape index (κ3) is 3.02. The molecule has 1 aromatic rings. The van der Waals surface area contributed by atoms with E-state index in [0.717, 1.165) is 25.7 Å². The van der Waals surface area contributed by atoms with Gasteiger partial charge in [-0.1, -0.05) is 19.4 Å². The number of nitrogens with zero attached hydrogens (tertiary/aromatic N) is 1. The van der Waals surface area contributed by atoms with Gasteiger partial charge in [-0.25, -0.2) is 12.8 Å². The summed E-state index contributed by atoms with van der Waals surface area (Å²) in [6.07, 6.45) is 3.50. The van der Waals surface area contributed by atoms with Crippen LogP contribution in [0.3, 0.4) is 0 Å². The van der Waals surface area contributed by atoms with Crippen molar-refractivity contribution in [1.29, 1.82) is 0 Å². The maximum absolute atomic E-state index is 13.7. The number of rotatable bonds is 7. The Morgan fingerprint density at radius 2 is 2.10 bits per heavy atom. The highest BCUT2D eigenvalue weighted by Crippen LogP contribution is 2.33. The summed E-state index contributed by atoms with van der Waals surface area (Å²) in [6, 6.07) is 4.18. The van der Waals surface area contributed by atoms with Gasteiger partial charge in [-0.05, 0) is 31.4 Å². The standard InChI is InChI=1S/C14H21FN2O2S/c1-2-3-9-17(11-7-8-11)20(18,19)14-6-4-5-13(15)12(14)10-16/h4-6,11H,2-3,7-10,16H2,1H3. The van der Waals surface area contributed by atoms with Gasteiger partial charge < -0.3 is 5.73 Å². The second-order valence-corrected chi connectivity index (χ2v) is 6.98. The number of sulfonamides is 1. The van der Waals surface area contributed by atoms with Crippen molar-refractivity contribution in [2.75, 3.05) is 6.54 Å². The molecule has 0 amide bonds. The van der Waals surface area contributed by atoms with Crippen molar-refractivity contribution in [2.24, 2.45) is 5.73 Å². The Kier molecular flexibility index (Phi) is 4.78. The number of benzene rings is 1. The molecule has 6 heteroatoms. The van der Waals surface area contributed by atoms with Gasteiger partial charge in [-0.15, -0.1) is 0 Å². The van der Waals surface area contributed by atoms with Crippen LogP contribution in [0.1, 0.15) is 38.2 Å². The van der Waals surface area contributed by atoms with Crippen molar-refractivity contribution >= 4 is 10.0 Å². The van der Waals surface area contributed by atoms with E-state index < -0.39 is 15.8 Å². The van der Waals surface area contributed by atoms with E-state index in [9.17, 15) is 12.8 Å². The third-order valence-corrected chi connectivity index (χ3v) is 5.59. The van der Waals surface area contributed by atoms with Gasteiger partial charge in [0.05, 0.1) is 4.90 Å². The van der Waals surface area contributed by atoms with Gasteiger partial charge in [0.25, 0.3) is 0 Å². The summed E-state index contributed by atoms with van der Waals surface area (Å²) in [7, 11) is -3.66. The first-order chi connectivity index (χ1) is 9.52. The Hall–Kier alpha value is -0.980. The zero-order chi connectivity index (χ0) is 14.8. The highest BCUT2D eigenvalue weighted by atomic mass is 32.2. The van der Waals surface area contributed by atoms with Crippen molar-refractivity contribution in [2.45, 2.75) is 50.1 Å². The van der Waals surface area contributed by atoms with E-state index in [1.165, 1.54) is 22.5 Å². The lowest BCUT2D eigenvalue weighted by molar-refractivity contribution is 0.394. The molecule has 0 saturated heterocycles. The Bertz CT molecular complexity index is 571. The largest absolute Gasteiger partial charge is 0.326 e. The molecule has 2 N–H and O–H groups in total. The zero-order valence-corrected chi connectivity index (χ0v) is 12.5. The van der Waals surface area contributed by atoms with Gasteiger partial charge in [-0.3, -0.25) is 0 Å². The maximum atomic E-state index is 13.7. The Balaban J connectivity index is 2.40. The summed E-state index contributed by atoms with van der Waals surface area (Å²) in [4.78, 5) is 0.0167. The first-order valence-electron chi connectivity index (χ1n) is 7.01. The van der Waals surface area contributed by atoms with Gasteiger partial charge in [-0.2, -0.15) is 4.31 Å². The normalized spacial score (nSPS) is 15.8. The summed E-state index contributed by atoms with van der Waals surface area (Å²) < 4.78 is 40.8. The van der Waals surface area contributed by atoms with Crippen molar-refractivity contribution < 1.29 is 12.8 Å². The molecule has 0 aliphatic heterocycles. The van der Waals surface area contributed by atoms with Crippen LogP contribution in [0.2, 0.25) is 0 Å². The van der Waals surface area contributed by atoms with Crippen LogP contribution in [0.4, 0.5) is 4.39 Å². The lowest BCUT2D eigenvalue weighted by atomic mass is 10.2. The summed E-state index contributed by atoms with van der Waals surface area (Å²) in [5.74, 6) is -0.556. The molecule has 0 radical (unpaired) electrons. The number of halogens is 1. The number of hydrogen-bond donors (Lipinski definition) is 1. The van der Waals surface area contributed by atoms with E-state index in [4.69, 9.17) is 5.73 Å². The molecule has 112 valence electrons. The van der Waals surface area contributed by atoms with Crippen LogP contribution in [0.15, 0.2) is 23.1 Å². The van der Waals surface area contributed by atoms with Crippen LogP contribution in [0.5, 0.6) is 0 Å². The first-order valence-corrected chi connectivity index (χ1v) is 8.45. The molecule has 4 nitrogen and oxygen atoms in total. The average molecular weight is 300 g/mol. The summed E-state index contributed by atoms with van der Waals surface area (Å²) in [6.45, 7) is 2.39. The van der Waals surface area contributed by atoms with Crippen molar-refractivity contribution in [3.05, 3.63) is 29.6 Å². The molecule has 1 saturated carbocycles. The van der Waals surface area contributed by atoms with Crippen LogP contribution in [0, 0.1) is 5.82 Å². The van der Waals surface area contributed by atoms with E-state index in [1.807, 2.05) is 6.92 Å². The molecule has 0 aromatic heterocycles. The summed E-state index contributed by atoms with van der Waals surface area (Å²) >= 11 is 0. The van der Waals surface area contributed by atoms with Crippen LogP contribution in [-0.2, 0) is 16.6 Å². The minimum absolute atomic E-state index is 0.0167. The molecule has 0 unspecified atom stereocenters. The quantitative estimate of drug-likeness (QED) is 0.840. The number of hydrogen-bond acceptors (Lipinski definition) is 3. The van der Waals surface area contributed by atoms with Crippen LogP contribution in [0.25, 0.3) is 0 Å². The molecule has 1 aliphatic rings. The fourth-order valence-corrected chi connectivity index (χ4v) is 4.25. The van der Waals surface area contributed by atoms with E-state index in [2.05, 4.69) is 0 Å². The number of nitrogens with two attached hydrogens (primary N) is 1. The summed E-state index contributed by atoms with van der Waals surface area (Å²) in [5.41, 5.74) is 5.60. The van der Waals surface area contributed by atoms with Crippen molar-refractivity contribution in [3.63, 3.8) is 0 Å². The van der Waals surface area contributed by atoms with Crippen LogP contribution in [-0.4, -0.2) is 25.3 Å². The lowest BCUT2D eigenvalue weighted by Gasteiger charge is -2.23. The second-order valence-electron chi connectivity index (χ2n) is 5.12. The fourth-order valence-electron chi connectivity index (χ4n) is 2.28. The number of unbranched alkanes of at least 4 members (excludes halogenated alkanes) is 1. The highest BCUT2D eigenvalue weighted by Gasteiger charge is 2.38. The molecule has 0 bridgehead atoms. The zero-order valence-electron chi connectivity index (χ0n) is 11.7. The van der Waals surface area contributed by atoms with Crippen LogP contribution < -0.4 is 5.73 Å². The molecule has 2 rings (SSSR count). The molecule has 1 fully saturated rings. The average Bonchev–Trinajstić information content (AvgIpc) is 3.23. The van der Waals surface area contributed by atoms with Gasteiger partial charge in [0, 0.05) is 24.7 Å². The van der Waals surface area contributed by atoms with Gasteiger partial charge in [0.2, 0.25) is 10.0 Å². The van der Waals surface area contributed by atoms with Gasteiger partial charge >= 0.3 is 0 Å². The Morgan fingerprint density at radius 3 is 2.65 bits per heavy atom. The third-order valence-electron chi connectivity index (χ3n) is 3.55. The predicted octanol–water partition coefficient (Wildman–Crippen LogP) is 2.24. The minimum Gasteiger partial charge on any atom is -0.326 e. The molecular formula is C14H21FN2O2S. The van der Waals surface area contributed by atoms with E-state index >= 15 is 0 Å². The van der Waals surface area contributed by atoms with Crippen molar-refractivity contribution in [3.8, 4) is 0 Å². The lowest BCUT2D eigenvalue weighted by Crippen LogP contribution is -2.35. The monoisotopic (exact) mass is 300 g/mol. The minimum atomic E-state index is -3.66. The van der Waals surface area contributed by atoms with Crippen molar-refractivity contribution in [1.82, 2.24) is 4.31 Å². The van der Waals surface area contributed by atoms with E-state index in [1.54, 1.807) is 0 Å². The predicted molar refractivity (Wildman–Crippen MR) is 76.1 cm³/mol. The van der Waals surface area contributed by atoms with E-state index in [-0.39, 0.29) is 23.0 Å². The smallest absolute Gasteiger partial charge is 0.243 e. The fraction of sp³-hybridized carbons (Fsp3) is 0.571. The first kappa shape index (κ1) is 15.4. The van der Waals surface area contributed by atoms with Gasteiger partial charge in [0.15, 0.2) is 0 Å².